The third-order valence-electron chi connectivity index (χ3n) is 3.30. The molecule has 3 rings (SSSR count). The molecule has 0 aliphatic carbocycles. The van der Waals surface area contributed by atoms with Crippen LogP contribution in [0.5, 0.6) is 0 Å². The molecule has 0 aromatic carbocycles. The van der Waals surface area contributed by atoms with Gasteiger partial charge in [-0.15, -0.1) is 10.2 Å². The van der Waals surface area contributed by atoms with Gasteiger partial charge in [0.1, 0.15) is 5.76 Å². The standard InChI is InChI=1S/C15H16N6O2S/c1-9-8-12(20-23-9)17-14(22)10(2)24-15-19-18-13(21(15)3)11-4-6-16-7-5-11/h4-8,10H,1-3H3,(H,17,20,22)/t10-/m0/s1. The highest BCUT2D eigenvalue weighted by atomic mass is 32.2. The summed E-state index contributed by atoms with van der Waals surface area (Å²) in [5.41, 5.74) is 0.919. The molecule has 0 saturated heterocycles. The summed E-state index contributed by atoms with van der Waals surface area (Å²) in [5.74, 6) is 1.59. The number of nitrogens with one attached hydrogen (secondary N) is 1. The number of aromatic nitrogens is 5. The van der Waals surface area contributed by atoms with E-state index < -0.39 is 0 Å². The molecule has 0 unspecified atom stereocenters. The van der Waals surface area contributed by atoms with Gasteiger partial charge < -0.3 is 14.4 Å². The first-order chi connectivity index (χ1) is 11.5. The van der Waals surface area contributed by atoms with Crippen molar-refractivity contribution in [3.05, 3.63) is 36.4 Å². The van der Waals surface area contributed by atoms with Crippen LogP contribution < -0.4 is 5.32 Å². The summed E-state index contributed by atoms with van der Waals surface area (Å²) in [4.78, 5) is 16.2. The molecule has 0 aliphatic heterocycles. The number of pyridine rings is 1. The summed E-state index contributed by atoms with van der Waals surface area (Å²) in [7, 11) is 1.86. The Morgan fingerprint density at radius 2 is 2.08 bits per heavy atom. The van der Waals surface area contributed by atoms with Gasteiger partial charge in [-0.2, -0.15) is 0 Å². The molecule has 0 fully saturated rings. The van der Waals surface area contributed by atoms with Gasteiger partial charge in [-0.25, -0.2) is 0 Å². The predicted molar refractivity (Wildman–Crippen MR) is 89.4 cm³/mol. The Morgan fingerprint density at radius 3 is 2.75 bits per heavy atom. The fraction of sp³-hybridized carbons (Fsp3) is 0.267. The van der Waals surface area contributed by atoms with Crippen molar-refractivity contribution in [3.8, 4) is 11.4 Å². The van der Waals surface area contributed by atoms with E-state index in [-0.39, 0.29) is 11.2 Å². The zero-order valence-corrected chi connectivity index (χ0v) is 14.2. The second-order valence-corrected chi connectivity index (χ2v) is 6.48. The number of aryl methyl sites for hydroxylation is 1. The van der Waals surface area contributed by atoms with Crippen LogP contribution in [0.2, 0.25) is 0 Å². The summed E-state index contributed by atoms with van der Waals surface area (Å²) in [6.07, 6.45) is 3.40. The van der Waals surface area contributed by atoms with Crippen LogP contribution in [-0.4, -0.2) is 36.1 Å². The maximum Gasteiger partial charge on any atom is 0.238 e. The highest BCUT2D eigenvalue weighted by molar-refractivity contribution is 8.00. The Morgan fingerprint density at radius 1 is 1.33 bits per heavy atom. The Kier molecular flexibility index (Phi) is 4.61. The van der Waals surface area contributed by atoms with Gasteiger partial charge in [0.25, 0.3) is 0 Å². The van der Waals surface area contributed by atoms with E-state index in [1.165, 1.54) is 11.8 Å². The molecular formula is C15H16N6O2S. The second kappa shape index (κ2) is 6.83. The number of anilines is 1. The summed E-state index contributed by atoms with van der Waals surface area (Å²) in [5, 5.41) is 15.1. The maximum atomic E-state index is 12.2. The lowest BCUT2D eigenvalue weighted by Crippen LogP contribution is -2.23. The van der Waals surface area contributed by atoms with E-state index in [0.29, 0.717) is 16.7 Å². The number of nitrogens with zero attached hydrogens (tertiary/aromatic N) is 5. The van der Waals surface area contributed by atoms with Crippen molar-refractivity contribution in [2.45, 2.75) is 24.3 Å². The van der Waals surface area contributed by atoms with Crippen LogP contribution in [0.4, 0.5) is 5.82 Å². The SMILES string of the molecule is Cc1cc(NC(=O)[C@H](C)Sc2nnc(-c3ccncc3)n2C)no1. The third-order valence-corrected chi connectivity index (χ3v) is 4.44. The van der Waals surface area contributed by atoms with Gasteiger partial charge in [0.05, 0.1) is 5.25 Å². The molecule has 1 amide bonds. The molecule has 0 radical (unpaired) electrons. The van der Waals surface area contributed by atoms with E-state index in [1.54, 1.807) is 32.3 Å². The van der Waals surface area contributed by atoms with E-state index in [4.69, 9.17) is 4.52 Å². The number of hydrogen-bond acceptors (Lipinski definition) is 7. The van der Waals surface area contributed by atoms with Crippen LogP contribution in [0, 0.1) is 6.92 Å². The number of hydrogen-bond donors (Lipinski definition) is 1. The van der Waals surface area contributed by atoms with E-state index in [1.807, 2.05) is 23.7 Å². The second-order valence-electron chi connectivity index (χ2n) is 5.17. The van der Waals surface area contributed by atoms with Gasteiger partial charge in [-0.3, -0.25) is 9.78 Å². The predicted octanol–water partition coefficient (Wildman–Crippen LogP) is 2.29. The summed E-state index contributed by atoms with van der Waals surface area (Å²) in [6, 6.07) is 5.39. The highest BCUT2D eigenvalue weighted by Crippen LogP contribution is 2.26. The third kappa shape index (κ3) is 3.46. The molecule has 1 N–H and O–H groups in total. The number of amides is 1. The highest BCUT2D eigenvalue weighted by Gasteiger charge is 2.20. The fourth-order valence-electron chi connectivity index (χ4n) is 2.03. The quantitative estimate of drug-likeness (QED) is 0.709. The maximum absolute atomic E-state index is 12.2. The zero-order chi connectivity index (χ0) is 17.1. The van der Waals surface area contributed by atoms with Crippen molar-refractivity contribution in [1.29, 1.82) is 0 Å². The molecule has 9 heteroatoms. The molecule has 3 aromatic heterocycles. The molecule has 3 aromatic rings. The monoisotopic (exact) mass is 344 g/mol. The molecule has 3 heterocycles. The minimum Gasteiger partial charge on any atom is -0.360 e. The minimum atomic E-state index is -0.366. The molecule has 0 bridgehead atoms. The van der Waals surface area contributed by atoms with Crippen LogP contribution in [0.1, 0.15) is 12.7 Å². The van der Waals surface area contributed by atoms with Crippen LogP contribution >= 0.6 is 11.8 Å². The Labute approximate surface area is 142 Å². The number of rotatable bonds is 5. The molecule has 0 aliphatic rings. The van der Waals surface area contributed by atoms with Gasteiger partial charge in [0.2, 0.25) is 5.91 Å². The first-order valence-corrected chi connectivity index (χ1v) is 8.13. The van der Waals surface area contributed by atoms with Crippen molar-refractivity contribution in [2.75, 3.05) is 5.32 Å². The van der Waals surface area contributed by atoms with Crippen LogP contribution in [0.25, 0.3) is 11.4 Å². The Bertz CT molecular complexity index is 845. The molecule has 1 atom stereocenters. The summed E-state index contributed by atoms with van der Waals surface area (Å²) < 4.78 is 6.78. The van der Waals surface area contributed by atoms with E-state index >= 15 is 0 Å². The Balaban J connectivity index is 1.69. The lowest BCUT2D eigenvalue weighted by Gasteiger charge is -2.10. The lowest BCUT2D eigenvalue weighted by atomic mass is 10.2. The van der Waals surface area contributed by atoms with Gasteiger partial charge >= 0.3 is 0 Å². The lowest BCUT2D eigenvalue weighted by molar-refractivity contribution is -0.115. The molecule has 8 nitrogen and oxygen atoms in total. The normalized spacial score (nSPS) is 12.1. The van der Waals surface area contributed by atoms with E-state index in [0.717, 1.165) is 11.4 Å². The van der Waals surface area contributed by atoms with Gasteiger partial charge in [0.15, 0.2) is 16.8 Å². The molecule has 0 spiro atoms. The Hall–Kier alpha value is -2.68. The summed E-state index contributed by atoms with van der Waals surface area (Å²) >= 11 is 1.32. The number of carbonyl (C=O) groups is 1. The topological polar surface area (TPSA) is 98.7 Å². The van der Waals surface area contributed by atoms with Crippen molar-refractivity contribution in [1.82, 2.24) is 24.9 Å². The van der Waals surface area contributed by atoms with E-state index in [2.05, 4.69) is 25.7 Å². The van der Waals surface area contributed by atoms with Crippen molar-refractivity contribution >= 4 is 23.5 Å². The number of thioether (sulfide) groups is 1. The van der Waals surface area contributed by atoms with Crippen LogP contribution in [0.3, 0.4) is 0 Å². The largest absolute Gasteiger partial charge is 0.360 e. The molecule has 124 valence electrons. The van der Waals surface area contributed by atoms with Crippen LogP contribution in [0.15, 0.2) is 40.3 Å². The van der Waals surface area contributed by atoms with Crippen molar-refractivity contribution < 1.29 is 9.32 Å². The first kappa shape index (κ1) is 16.2. The van der Waals surface area contributed by atoms with Crippen LogP contribution in [-0.2, 0) is 11.8 Å². The first-order valence-electron chi connectivity index (χ1n) is 7.25. The average Bonchev–Trinajstić information content (AvgIpc) is 3.14. The summed E-state index contributed by atoms with van der Waals surface area (Å²) in [6.45, 7) is 3.56. The van der Waals surface area contributed by atoms with Crippen molar-refractivity contribution in [2.24, 2.45) is 7.05 Å². The number of carbonyl (C=O) groups excluding carboxylic acids is 1. The van der Waals surface area contributed by atoms with Gasteiger partial charge in [-0.05, 0) is 26.0 Å². The average molecular weight is 344 g/mol. The van der Waals surface area contributed by atoms with E-state index in [9.17, 15) is 4.79 Å². The van der Waals surface area contributed by atoms with Gasteiger partial charge in [-0.1, -0.05) is 16.9 Å². The molecule has 0 saturated carbocycles. The fourth-order valence-corrected chi connectivity index (χ4v) is 2.85. The molecule has 24 heavy (non-hydrogen) atoms. The van der Waals surface area contributed by atoms with Gasteiger partial charge in [0, 0.05) is 31.1 Å². The van der Waals surface area contributed by atoms with Crippen molar-refractivity contribution in [3.63, 3.8) is 0 Å². The zero-order valence-electron chi connectivity index (χ0n) is 13.4. The minimum absolute atomic E-state index is 0.179. The smallest absolute Gasteiger partial charge is 0.238 e. The molecular weight excluding hydrogens is 328 g/mol.